The molecular formula is C17H11BrN2O2S. The van der Waals surface area contributed by atoms with Crippen LogP contribution in [0.2, 0.25) is 0 Å². The van der Waals surface area contributed by atoms with E-state index in [2.05, 4.69) is 20.9 Å². The summed E-state index contributed by atoms with van der Waals surface area (Å²) < 4.78 is 8.54. The Morgan fingerprint density at radius 2 is 2.26 bits per heavy atom. The molecule has 4 nitrogen and oxygen atoms in total. The Bertz CT molecular complexity index is 1070. The zero-order chi connectivity index (χ0) is 16.0. The number of carbonyl (C=O) groups is 1. The third-order valence-corrected chi connectivity index (χ3v) is 4.85. The van der Waals surface area contributed by atoms with Crippen LogP contribution in [0.3, 0.4) is 0 Å². The molecule has 0 unspecified atom stereocenters. The largest absolute Gasteiger partial charge is 0.453 e. The van der Waals surface area contributed by atoms with E-state index in [4.69, 9.17) is 4.42 Å². The van der Waals surface area contributed by atoms with Crippen molar-refractivity contribution in [3.05, 3.63) is 63.5 Å². The number of nitrogens with zero attached hydrogens (tertiary/aromatic N) is 2. The lowest BCUT2D eigenvalue weighted by atomic mass is 10.2. The first-order valence-electron chi connectivity index (χ1n) is 6.95. The summed E-state index contributed by atoms with van der Waals surface area (Å²) >= 11 is 4.98. The second-order valence-corrected chi connectivity index (χ2v) is 6.92. The first-order chi connectivity index (χ1) is 11.1. The number of hydrogen-bond donors (Lipinski definition) is 0. The monoisotopic (exact) mass is 386 g/mol. The van der Waals surface area contributed by atoms with Crippen molar-refractivity contribution in [3.8, 4) is 0 Å². The average molecular weight is 387 g/mol. The number of ketones is 1. The van der Waals surface area contributed by atoms with Crippen molar-refractivity contribution in [1.82, 2.24) is 9.38 Å². The predicted octanol–water partition coefficient (Wildman–Crippen LogP) is 5.11. The first-order valence-corrected chi connectivity index (χ1v) is 8.63. The van der Waals surface area contributed by atoms with Crippen LogP contribution in [0.25, 0.3) is 22.0 Å². The van der Waals surface area contributed by atoms with Gasteiger partial charge in [-0.2, -0.15) is 0 Å². The molecule has 0 fully saturated rings. The van der Waals surface area contributed by atoms with Gasteiger partial charge in [-0.05, 0) is 43.3 Å². The van der Waals surface area contributed by atoms with Crippen LogP contribution >= 0.6 is 27.3 Å². The summed E-state index contributed by atoms with van der Waals surface area (Å²) in [5.41, 5.74) is 2.51. The van der Waals surface area contributed by atoms with Crippen molar-refractivity contribution in [2.75, 3.05) is 0 Å². The summed E-state index contributed by atoms with van der Waals surface area (Å²) in [6.07, 6.45) is 5.26. The number of aryl methyl sites for hydroxylation is 1. The van der Waals surface area contributed by atoms with E-state index in [0.717, 1.165) is 26.2 Å². The second kappa shape index (κ2) is 5.47. The molecule has 0 saturated heterocycles. The number of carbonyl (C=O) groups excluding carboxylic acids is 1. The van der Waals surface area contributed by atoms with Crippen LogP contribution in [0.15, 0.2) is 50.8 Å². The summed E-state index contributed by atoms with van der Waals surface area (Å²) in [7, 11) is 0. The van der Waals surface area contributed by atoms with Crippen LogP contribution in [0.4, 0.5) is 0 Å². The van der Waals surface area contributed by atoms with Gasteiger partial charge in [0.25, 0.3) is 0 Å². The Morgan fingerprint density at radius 1 is 1.39 bits per heavy atom. The summed E-state index contributed by atoms with van der Waals surface area (Å²) in [6.45, 7) is 1.93. The van der Waals surface area contributed by atoms with E-state index in [1.165, 1.54) is 6.08 Å². The van der Waals surface area contributed by atoms with Gasteiger partial charge in [-0.1, -0.05) is 15.9 Å². The number of aromatic nitrogens is 2. The molecule has 0 aliphatic rings. The summed E-state index contributed by atoms with van der Waals surface area (Å²) in [6, 6.07) is 7.42. The van der Waals surface area contributed by atoms with Gasteiger partial charge in [0.2, 0.25) is 5.78 Å². The van der Waals surface area contributed by atoms with Gasteiger partial charge in [0.1, 0.15) is 5.58 Å². The minimum atomic E-state index is -0.165. The van der Waals surface area contributed by atoms with Crippen LogP contribution in [0.5, 0.6) is 0 Å². The van der Waals surface area contributed by atoms with Gasteiger partial charge in [-0.15, -0.1) is 11.3 Å². The highest BCUT2D eigenvalue weighted by atomic mass is 79.9. The zero-order valence-electron chi connectivity index (χ0n) is 12.1. The van der Waals surface area contributed by atoms with Crippen molar-refractivity contribution in [1.29, 1.82) is 0 Å². The fourth-order valence-electron chi connectivity index (χ4n) is 2.48. The molecule has 4 aromatic rings. The lowest BCUT2D eigenvalue weighted by Crippen LogP contribution is -1.92. The Balaban J connectivity index is 1.68. The SMILES string of the molecule is Cc1nc2sccn2c1C=CC(=O)c1cc2cc(Br)ccc2o1. The maximum absolute atomic E-state index is 12.4. The highest BCUT2D eigenvalue weighted by Crippen LogP contribution is 2.24. The minimum absolute atomic E-state index is 0.165. The fraction of sp³-hybridized carbons (Fsp3) is 0.0588. The maximum atomic E-state index is 12.4. The number of rotatable bonds is 3. The Hall–Kier alpha value is -2.18. The van der Waals surface area contributed by atoms with Gasteiger partial charge in [0.05, 0.1) is 11.4 Å². The molecule has 6 heteroatoms. The van der Waals surface area contributed by atoms with E-state index in [0.29, 0.717) is 11.3 Å². The lowest BCUT2D eigenvalue weighted by molar-refractivity contribution is 0.102. The second-order valence-electron chi connectivity index (χ2n) is 5.13. The number of hydrogen-bond acceptors (Lipinski definition) is 4. The first kappa shape index (κ1) is 14.4. The number of allylic oxidation sites excluding steroid dienone is 1. The molecule has 0 saturated carbocycles. The van der Waals surface area contributed by atoms with E-state index in [1.807, 2.05) is 41.1 Å². The number of benzene rings is 1. The average Bonchev–Trinajstić information content (AvgIpc) is 3.19. The number of furan rings is 1. The molecule has 0 aliphatic heterocycles. The molecule has 0 bridgehead atoms. The Kier molecular flexibility index (Phi) is 3.43. The van der Waals surface area contributed by atoms with E-state index >= 15 is 0 Å². The van der Waals surface area contributed by atoms with Gasteiger partial charge in [0.15, 0.2) is 10.7 Å². The molecule has 0 amide bonds. The standard InChI is InChI=1S/C17H11BrN2O2S/c1-10-13(20-6-7-23-17(20)19-10)3-4-14(21)16-9-11-8-12(18)2-5-15(11)22-16/h2-9H,1H3. The van der Waals surface area contributed by atoms with Crippen LogP contribution in [-0.2, 0) is 0 Å². The molecule has 23 heavy (non-hydrogen) atoms. The highest BCUT2D eigenvalue weighted by molar-refractivity contribution is 9.10. The smallest absolute Gasteiger partial charge is 0.221 e. The van der Waals surface area contributed by atoms with Gasteiger partial charge < -0.3 is 4.42 Å². The lowest BCUT2D eigenvalue weighted by Gasteiger charge is -1.92. The molecule has 4 rings (SSSR count). The topological polar surface area (TPSA) is 47.5 Å². The highest BCUT2D eigenvalue weighted by Gasteiger charge is 2.11. The summed E-state index contributed by atoms with van der Waals surface area (Å²) in [5.74, 6) is 0.167. The van der Waals surface area contributed by atoms with Crippen LogP contribution < -0.4 is 0 Å². The molecule has 0 aliphatic carbocycles. The van der Waals surface area contributed by atoms with Crippen molar-refractivity contribution >= 4 is 55.1 Å². The number of fused-ring (bicyclic) bond motifs is 2. The summed E-state index contributed by atoms with van der Waals surface area (Å²) in [4.78, 5) is 17.7. The molecule has 3 aromatic heterocycles. The van der Waals surface area contributed by atoms with Crippen molar-refractivity contribution in [2.24, 2.45) is 0 Å². The Morgan fingerprint density at radius 3 is 3.13 bits per heavy atom. The number of halogens is 1. The predicted molar refractivity (Wildman–Crippen MR) is 95.1 cm³/mol. The van der Waals surface area contributed by atoms with Crippen molar-refractivity contribution in [3.63, 3.8) is 0 Å². The minimum Gasteiger partial charge on any atom is -0.453 e. The maximum Gasteiger partial charge on any atom is 0.221 e. The van der Waals surface area contributed by atoms with E-state index < -0.39 is 0 Å². The molecule has 3 heterocycles. The van der Waals surface area contributed by atoms with Gasteiger partial charge in [-0.3, -0.25) is 9.20 Å². The zero-order valence-corrected chi connectivity index (χ0v) is 14.5. The third-order valence-electron chi connectivity index (χ3n) is 3.60. The van der Waals surface area contributed by atoms with Crippen molar-refractivity contribution < 1.29 is 9.21 Å². The molecular weight excluding hydrogens is 376 g/mol. The Labute approximate surface area is 144 Å². The molecule has 1 aromatic carbocycles. The number of imidazole rings is 1. The van der Waals surface area contributed by atoms with Crippen LogP contribution in [0.1, 0.15) is 21.9 Å². The summed E-state index contributed by atoms with van der Waals surface area (Å²) in [5, 5.41) is 2.87. The molecule has 0 radical (unpaired) electrons. The van der Waals surface area contributed by atoms with Gasteiger partial charge in [-0.25, -0.2) is 4.98 Å². The third kappa shape index (κ3) is 2.54. The van der Waals surface area contributed by atoms with E-state index in [1.54, 1.807) is 23.5 Å². The molecule has 0 atom stereocenters. The van der Waals surface area contributed by atoms with Gasteiger partial charge >= 0.3 is 0 Å². The molecule has 114 valence electrons. The quantitative estimate of drug-likeness (QED) is 0.363. The van der Waals surface area contributed by atoms with Crippen molar-refractivity contribution in [2.45, 2.75) is 6.92 Å². The van der Waals surface area contributed by atoms with E-state index in [-0.39, 0.29) is 5.78 Å². The van der Waals surface area contributed by atoms with Crippen LogP contribution in [-0.4, -0.2) is 15.2 Å². The van der Waals surface area contributed by atoms with Crippen LogP contribution in [0, 0.1) is 6.92 Å². The van der Waals surface area contributed by atoms with E-state index in [9.17, 15) is 4.79 Å². The molecule has 0 N–H and O–H groups in total. The normalized spacial score (nSPS) is 11.9. The fourth-order valence-corrected chi connectivity index (χ4v) is 3.63. The number of thiazole rings is 1. The van der Waals surface area contributed by atoms with Gasteiger partial charge in [0, 0.05) is 21.4 Å². The molecule has 0 spiro atoms.